The van der Waals surface area contributed by atoms with E-state index in [0.717, 1.165) is 37.6 Å². The Morgan fingerprint density at radius 2 is 2.07 bits per heavy atom. The lowest BCUT2D eigenvalue weighted by Crippen LogP contribution is -2.45. The van der Waals surface area contributed by atoms with Crippen LogP contribution < -0.4 is 10.6 Å². The Kier molecular flexibility index (Phi) is 3.13. The highest BCUT2D eigenvalue weighted by Gasteiger charge is 2.17. The molecule has 5 heteroatoms. The van der Waals surface area contributed by atoms with Gasteiger partial charge in [-0.2, -0.15) is 0 Å². The number of hydrogen-bond donors (Lipinski definition) is 1. The molecular formula is C10H17N5. The molecule has 1 aromatic rings. The summed E-state index contributed by atoms with van der Waals surface area (Å²) in [6.07, 6.45) is 3.40. The van der Waals surface area contributed by atoms with Gasteiger partial charge in [-0.3, -0.25) is 0 Å². The highest BCUT2D eigenvalue weighted by atomic mass is 15.3. The molecule has 15 heavy (non-hydrogen) atoms. The van der Waals surface area contributed by atoms with Gasteiger partial charge in [0.05, 0.1) is 0 Å². The molecule has 2 heterocycles. The second-order valence-electron chi connectivity index (χ2n) is 3.87. The predicted octanol–water partition coefficient (Wildman–Crippen LogP) is -0.313. The van der Waals surface area contributed by atoms with E-state index in [2.05, 4.69) is 26.8 Å². The average Bonchev–Trinajstić information content (AvgIpc) is 2.30. The van der Waals surface area contributed by atoms with E-state index < -0.39 is 0 Å². The van der Waals surface area contributed by atoms with Gasteiger partial charge in [-0.25, -0.2) is 9.97 Å². The Morgan fingerprint density at radius 3 is 2.73 bits per heavy atom. The number of nitrogens with zero attached hydrogens (tertiary/aromatic N) is 4. The van der Waals surface area contributed by atoms with Crippen LogP contribution in [0.4, 0.5) is 5.82 Å². The molecule has 1 aliphatic rings. The fourth-order valence-corrected chi connectivity index (χ4v) is 1.80. The summed E-state index contributed by atoms with van der Waals surface area (Å²) in [6.45, 7) is 4.69. The lowest BCUT2D eigenvalue weighted by atomic mass is 10.2. The minimum atomic E-state index is 0.502. The number of nitrogens with two attached hydrogens (primary N) is 1. The molecule has 0 bridgehead atoms. The van der Waals surface area contributed by atoms with Crippen LogP contribution in [0.25, 0.3) is 0 Å². The van der Waals surface area contributed by atoms with Crippen LogP contribution >= 0.6 is 0 Å². The summed E-state index contributed by atoms with van der Waals surface area (Å²) in [5.74, 6) is 1.00. The fraction of sp³-hybridized carbons (Fsp3) is 0.600. The van der Waals surface area contributed by atoms with Crippen LogP contribution in [0.5, 0.6) is 0 Å². The maximum absolute atomic E-state index is 5.67. The van der Waals surface area contributed by atoms with Crippen LogP contribution in [0.1, 0.15) is 5.56 Å². The zero-order valence-corrected chi connectivity index (χ0v) is 9.06. The molecule has 1 aliphatic heterocycles. The minimum absolute atomic E-state index is 0.502. The van der Waals surface area contributed by atoms with Gasteiger partial charge in [-0.05, 0) is 7.05 Å². The van der Waals surface area contributed by atoms with E-state index in [9.17, 15) is 0 Å². The molecule has 2 rings (SSSR count). The van der Waals surface area contributed by atoms with Crippen LogP contribution in [-0.2, 0) is 6.54 Å². The highest BCUT2D eigenvalue weighted by Crippen LogP contribution is 2.16. The van der Waals surface area contributed by atoms with Gasteiger partial charge in [0.1, 0.15) is 12.1 Å². The molecule has 0 unspecified atom stereocenters. The van der Waals surface area contributed by atoms with E-state index >= 15 is 0 Å². The lowest BCUT2D eigenvalue weighted by Gasteiger charge is -2.33. The summed E-state index contributed by atoms with van der Waals surface area (Å²) in [7, 11) is 2.14. The van der Waals surface area contributed by atoms with E-state index in [-0.39, 0.29) is 0 Å². The number of likely N-dealkylation sites (N-methyl/N-ethyl adjacent to an activating group) is 1. The van der Waals surface area contributed by atoms with Gasteiger partial charge < -0.3 is 15.5 Å². The van der Waals surface area contributed by atoms with Crippen LogP contribution in [0.2, 0.25) is 0 Å². The molecule has 0 radical (unpaired) electrons. The van der Waals surface area contributed by atoms with Crippen molar-refractivity contribution >= 4 is 5.82 Å². The van der Waals surface area contributed by atoms with Gasteiger partial charge in [-0.1, -0.05) is 0 Å². The van der Waals surface area contributed by atoms with Crippen LogP contribution in [0.3, 0.4) is 0 Å². The Balaban J connectivity index is 2.15. The number of anilines is 1. The van der Waals surface area contributed by atoms with Gasteiger partial charge in [0, 0.05) is 44.5 Å². The largest absolute Gasteiger partial charge is 0.354 e. The first-order valence-electron chi connectivity index (χ1n) is 5.23. The Hall–Kier alpha value is -1.20. The second-order valence-corrected chi connectivity index (χ2v) is 3.87. The summed E-state index contributed by atoms with van der Waals surface area (Å²) in [5, 5.41) is 0. The van der Waals surface area contributed by atoms with Crippen molar-refractivity contribution in [1.82, 2.24) is 14.9 Å². The zero-order chi connectivity index (χ0) is 10.7. The first kappa shape index (κ1) is 10.3. The molecule has 5 nitrogen and oxygen atoms in total. The molecule has 82 valence electrons. The highest BCUT2D eigenvalue weighted by molar-refractivity contribution is 5.45. The first-order valence-corrected chi connectivity index (χ1v) is 5.23. The van der Waals surface area contributed by atoms with Gasteiger partial charge in [0.25, 0.3) is 0 Å². The number of aromatic nitrogens is 2. The molecule has 0 spiro atoms. The van der Waals surface area contributed by atoms with Crippen molar-refractivity contribution in [1.29, 1.82) is 0 Å². The quantitative estimate of drug-likeness (QED) is 0.720. The molecule has 0 aromatic carbocycles. The van der Waals surface area contributed by atoms with E-state index in [1.54, 1.807) is 12.5 Å². The van der Waals surface area contributed by atoms with Crippen LogP contribution in [0.15, 0.2) is 12.5 Å². The van der Waals surface area contributed by atoms with Crippen molar-refractivity contribution in [2.24, 2.45) is 5.73 Å². The maximum Gasteiger partial charge on any atom is 0.136 e. The zero-order valence-electron chi connectivity index (χ0n) is 9.06. The van der Waals surface area contributed by atoms with Crippen LogP contribution in [-0.4, -0.2) is 48.1 Å². The summed E-state index contributed by atoms with van der Waals surface area (Å²) < 4.78 is 0. The van der Waals surface area contributed by atoms with Crippen molar-refractivity contribution in [2.75, 3.05) is 38.1 Å². The molecular weight excluding hydrogens is 190 g/mol. The summed E-state index contributed by atoms with van der Waals surface area (Å²) >= 11 is 0. The van der Waals surface area contributed by atoms with E-state index in [0.29, 0.717) is 6.54 Å². The Bertz CT molecular complexity index is 319. The van der Waals surface area contributed by atoms with Gasteiger partial charge in [-0.15, -0.1) is 0 Å². The molecule has 0 amide bonds. The van der Waals surface area contributed by atoms with E-state index in [1.165, 1.54) is 0 Å². The van der Waals surface area contributed by atoms with E-state index in [4.69, 9.17) is 5.73 Å². The molecule has 1 saturated heterocycles. The average molecular weight is 207 g/mol. The molecule has 1 fully saturated rings. The third kappa shape index (κ3) is 2.24. The van der Waals surface area contributed by atoms with E-state index in [1.807, 2.05) is 0 Å². The smallest absolute Gasteiger partial charge is 0.136 e. The monoisotopic (exact) mass is 207 g/mol. The molecule has 0 aliphatic carbocycles. The van der Waals surface area contributed by atoms with Crippen molar-refractivity contribution in [2.45, 2.75) is 6.54 Å². The summed E-state index contributed by atoms with van der Waals surface area (Å²) in [5.41, 5.74) is 6.70. The minimum Gasteiger partial charge on any atom is -0.354 e. The Morgan fingerprint density at radius 1 is 1.33 bits per heavy atom. The number of piperazine rings is 1. The van der Waals surface area contributed by atoms with Crippen LogP contribution in [0, 0.1) is 0 Å². The van der Waals surface area contributed by atoms with Gasteiger partial charge in [0.2, 0.25) is 0 Å². The topological polar surface area (TPSA) is 58.3 Å². The van der Waals surface area contributed by atoms with Crippen molar-refractivity contribution < 1.29 is 0 Å². The van der Waals surface area contributed by atoms with Crippen molar-refractivity contribution in [3.63, 3.8) is 0 Å². The first-order chi connectivity index (χ1) is 7.31. The normalized spacial score (nSPS) is 18.1. The second kappa shape index (κ2) is 4.55. The molecule has 0 saturated carbocycles. The molecule has 1 aromatic heterocycles. The Labute approximate surface area is 89.9 Å². The fourth-order valence-electron chi connectivity index (χ4n) is 1.80. The third-order valence-corrected chi connectivity index (χ3v) is 2.79. The number of rotatable bonds is 2. The molecule has 2 N–H and O–H groups in total. The van der Waals surface area contributed by atoms with Gasteiger partial charge in [0.15, 0.2) is 0 Å². The lowest BCUT2D eigenvalue weighted by molar-refractivity contribution is 0.311. The predicted molar refractivity (Wildman–Crippen MR) is 59.6 cm³/mol. The van der Waals surface area contributed by atoms with Gasteiger partial charge >= 0.3 is 0 Å². The van der Waals surface area contributed by atoms with Crippen molar-refractivity contribution in [3.05, 3.63) is 18.1 Å². The molecule has 0 atom stereocenters. The number of hydrogen-bond acceptors (Lipinski definition) is 5. The third-order valence-electron chi connectivity index (χ3n) is 2.79. The SMILES string of the molecule is CN1CCN(c2ncncc2CN)CC1. The maximum atomic E-state index is 5.67. The standard InChI is InChI=1S/C10H17N5/c1-14-2-4-15(5-3-14)10-9(6-11)7-12-8-13-10/h7-8H,2-6,11H2,1H3. The van der Waals surface area contributed by atoms with Crippen molar-refractivity contribution in [3.8, 4) is 0 Å². The summed E-state index contributed by atoms with van der Waals surface area (Å²) in [4.78, 5) is 12.9. The summed E-state index contributed by atoms with van der Waals surface area (Å²) in [6, 6.07) is 0.